The Hall–Kier alpha value is -2.87. The average molecular weight is 446 g/mol. The fourth-order valence-electron chi connectivity index (χ4n) is 4.27. The van der Waals surface area contributed by atoms with Gasteiger partial charge in [0.25, 0.3) is 11.8 Å². The third kappa shape index (κ3) is 6.82. The van der Waals surface area contributed by atoms with E-state index in [-0.39, 0.29) is 30.6 Å². The van der Waals surface area contributed by atoms with Crippen molar-refractivity contribution in [1.82, 2.24) is 10.3 Å². The van der Waals surface area contributed by atoms with Crippen LogP contribution in [0.15, 0.2) is 30.2 Å². The van der Waals surface area contributed by atoms with Gasteiger partial charge < -0.3 is 24.8 Å². The van der Waals surface area contributed by atoms with Crippen molar-refractivity contribution >= 4 is 23.3 Å². The summed E-state index contributed by atoms with van der Waals surface area (Å²) >= 11 is 0. The summed E-state index contributed by atoms with van der Waals surface area (Å²) in [4.78, 5) is 41.1. The zero-order valence-electron chi connectivity index (χ0n) is 19.8. The number of amides is 2. The minimum Gasteiger partial charge on any atom is -0.504 e. The van der Waals surface area contributed by atoms with Crippen molar-refractivity contribution in [2.75, 3.05) is 45.7 Å². The summed E-state index contributed by atoms with van der Waals surface area (Å²) < 4.78 is 5.45. The number of ether oxygens (including phenoxy) is 1. The standard InChI is InChI=1S/C24H36N4O4/c1-17(19(3)16-32-5)12-20(29)14-28(10-8-6-7-9-11-28)15-21(30)27-22-18(2)13-26-23(22)24(31)25-4/h13,16H,1,6-12,14-15H2,2-5H3,(H2-,25,26,27,30,31)/p+1/b19-16-. The molecule has 1 fully saturated rings. The van der Waals surface area contributed by atoms with Crippen LogP contribution in [-0.4, -0.2) is 67.4 Å². The molecule has 2 heterocycles. The smallest absolute Gasteiger partial charge is 0.279 e. The fourth-order valence-corrected chi connectivity index (χ4v) is 4.27. The molecule has 176 valence electrons. The number of ketones is 1. The monoisotopic (exact) mass is 445 g/mol. The first-order valence-corrected chi connectivity index (χ1v) is 11.2. The summed E-state index contributed by atoms with van der Waals surface area (Å²) in [7, 11) is 3.11. The molecule has 8 heteroatoms. The highest BCUT2D eigenvalue weighted by Gasteiger charge is 2.34. The Morgan fingerprint density at radius 3 is 2.44 bits per heavy atom. The number of methoxy groups -OCH3 is 1. The highest BCUT2D eigenvalue weighted by Crippen LogP contribution is 2.23. The van der Waals surface area contributed by atoms with Crippen molar-refractivity contribution in [2.45, 2.75) is 46.0 Å². The van der Waals surface area contributed by atoms with E-state index in [0.29, 0.717) is 22.4 Å². The molecule has 1 saturated heterocycles. The van der Waals surface area contributed by atoms with Gasteiger partial charge in [-0.15, -0.1) is 0 Å². The lowest BCUT2D eigenvalue weighted by molar-refractivity contribution is -0.912. The fraction of sp³-hybridized carbons (Fsp3) is 0.542. The Labute approximate surface area is 190 Å². The van der Waals surface area contributed by atoms with E-state index >= 15 is 0 Å². The van der Waals surface area contributed by atoms with Crippen LogP contribution in [0.25, 0.3) is 0 Å². The van der Waals surface area contributed by atoms with Crippen LogP contribution in [0.2, 0.25) is 0 Å². The molecule has 1 aromatic heterocycles. The second-order valence-corrected chi connectivity index (χ2v) is 8.72. The lowest BCUT2D eigenvalue weighted by Crippen LogP contribution is -2.55. The third-order valence-corrected chi connectivity index (χ3v) is 6.06. The van der Waals surface area contributed by atoms with Gasteiger partial charge >= 0.3 is 0 Å². The molecular weight excluding hydrogens is 408 g/mol. The van der Waals surface area contributed by atoms with Gasteiger partial charge in [-0.2, -0.15) is 0 Å². The Morgan fingerprint density at radius 1 is 1.19 bits per heavy atom. The van der Waals surface area contributed by atoms with E-state index in [1.165, 1.54) is 0 Å². The molecule has 0 spiro atoms. The Morgan fingerprint density at radius 2 is 1.84 bits per heavy atom. The number of anilines is 1. The van der Waals surface area contributed by atoms with Crippen LogP contribution in [0.3, 0.4) is 0 Å². The van der Waals surface area contributed by atoms with Crippen molar-refractivity contribution in [3.8, 4) is 0 Å². The van der Waals surface area contributed by atoms with Gasteiger partial charge in [-0.05, 0) is 56.2 Å². The minimum absolute atomic E-state index is 0.0671. The van der Waals surface area contributed by atoms with E-state index < -0.39 is 0 Å². The van der Waals surface area contributed by atoms with Crippen LogP contribution in [-0.2, 0) is 14.3 Å². The first kappa shape index (κ1) is 25.4. The largest absolute Gasteiger partial charge is 0.504 e. The first-order chi connectivity index (χ1) is 15.2. The number of hydrogen-bond acceptors (Lipinski definition) is 4. The zero-order valence-corrected chi connectivity index (χ0v) is 19.8. The zero-order chi connectivity index (χ0) is 23.7. The second kappa shape index (κ2) is 11.7. The molecule has 0 radical (unpaired) electrons. The molecule has 2 rings (SSSR count). The van der Waals surface area contributed by atoms with E-state index in [4.69, 9.17) is 4.74 Å². The van der Waals surface area contributed by atoms with Crippen LogP contribution < -0.4 is 10.6 Å². The molecular formula is C24H37N4O4+. The number of allylic oxidation sites excluding steroid dienone is 2. The molecule has 0 atom stereocenters. The van der Waals surface area contributed by atoms with Gasteiger partial charge in [0.1, 0.15) is 12.2 Å². The molecule has 1 aromatic rings. The van der Waals surface area contributed by atoms with Crippen molar-refractivity contribution in [3.63, 3.8) is 0 Å². The predicted octanol–water partition coefficient (Wildman–Crippen LogP) is 3.08. The quantitative estimate of drug-likeness (QED) is 0.293. The molecule has 1 aliphatic rings. The predicted molar refractivity (Wildman–Crippen MR) is 125 cm³/mol. The lowest BCUT2D eigenvalue weighted by Gasteiger charge is -2.36. The minimum atomic E-state index is -0.291. The Bertz CT molecular complexity index is 877. The number of likely N-dealkylation sites (tertiary alicyclic amines) is 1. The molecule has 0 aliphatic carbocycles. The summed E-state index contributed by atoms with van der Waals surface area (Å²) in [5.41, 5.74) is 3.17. The number of rotatable bonds is 10. The van der Waals surface area contributed by atoms with Crippen LogP contribution in [0, 0.1) is 6.92 Å². The Kier molecular flexibility index (Phi) is 9.26. The van der Waals surface area contributed by atoms with Crippen molar-refractivity contribution in [1.29, 1.82) is 0 Å². The van der Waals surface area contributed by atoms with E-state index in [1.54, 1.807) is 26.6 Å². The average Bonchev–Trinajstić information content (AvgIpc) is 2.94. The number of aryl methyl sites for hydroxylation is 1. The number of nitrogens with zero attached hydrogens (tertiary/aromatic N) is 1. The summed E-state index contributed by atoms with van der Waals surface area (Å²) in [6.45, 7) is 9.77. The maximum atomic E-state index is 13.1. The molecule has 2 amide bonds. The molecule has 8 nitrogen and oxygen atoms in total. The molecule has 32 heavy (non-hydrogen) atoms. The van der Waals surface area contributed by atoms with E-state index in [0.717, 1.165) is 55.5 Å². The van der Waals surface area contributed by atoms with Gasteiger partial charge in [-0.1, -0.05) is 6.58 Å². The van der Waals surface area contributed by atoms with Gasteiger partial charge in [0, 0.05) is 19.7 Å². The van der Waals surface area contributed by atoms with E-state index in [9.17, 15) is 14.4 Å². The molecule has 0 bridgehead atoms. The Balaban J connectivity index is 2.15. The van der Waals surface area contributed by atoms with Crippen LogP contribution in [0.5, 0.6) is 0 Å². The number of nitrogens with one attached hydrogen (secondary N) is 3. The molecule has 1 aliphatic heterocycles. The van der Waals surface area contributed by atoms with Gasteiger partial charge in [0.2, 0.25) is 0 Å². The normalized spacial score (nSPS) is 16.1. The van der Waals surface area contributed by atoms with E-state index in [1.807, 2.05) is 13.8 Å². The second-order valence-electron chi connectivity index (χ2n) is 8.72. The maximum Gasteiger partial charge on any atom is 0.279 e. The molecule has 3 N–H and O–H groups in total. The number of hydrogen-bond donors (Lipinski definition) is 3. The van der Waals surface area contributed by atoms with Gasteiger partial charge in [-0.25, -0.2) is 0 Å². The van der Waals surface area contributed by atoms with Crippen molar-refractivity contribution < 1.29 is 23.6 Å². The van der Waals surface area contributed by atoms with Gasteiger partial charge in [0.05, 0.1) is 32.1 Å². The molecule has 0 aromatic carbocycles. The van der Waals surface area contributed by atoms with Gasteiger partial charge in [-0.3, -0.25) is 14.4 Å². The first-order valence-electron chi connectivity index (χ1n) is 11.2. The molecule has 0 unspecified atom stereocenters. The SMILES string of the molecule is C=C(CC(=O)C[N+]1(CC(=O)Nc2c(C)c[nH]c2C(=O)NC)CCCCCC1)/C(C)=C\OC. The van der Waals surface area contributed by atoms with E-state index in [2.05, 4.69) is 22.2 Å². The number of Topliss-reactive ketones (excluding diaryl/α,β-unsaturated/α-hetero) is 1. The number of carbonyl (C=O) groups is 3. The lowest BCUT2D eigenvalue weighted by atomic mass is 10.0. The number of aromatic nitrogens is 1. The van der Waals surface area contributed by atoms with Crippen LogP contribution >= 0.6 is 0 Å². The van der Waals surface area contributed by atoms with Crippen molar-refractivity contribution in [2.24, 2.45) is 0 Å². The number of carbonyl (C=O) groups excluding carboxylic acids is 3. The highest BCUT2D eigenvalue weighted by atomic mass is 16.5. The number of H-pyrrole nitrogens is 1. The van der Waals surface area contributed by atoms with Gasteiger partial charge in [0.15, 0.2) is 12.3 Å². The summed E-state index contributed by atoms with van der Waals surface area (Å²) in [5.74, 6) is -0.417. The summed E-state index contributed by atoms with van der Waals surface area (Å²) in [6, 6.07) is 0. The van der Waals surface area contributed by atoms with Crippen molar-refractivity contribution in [3.05, 3.63) is 41.4 Å². The van der Waals surface area contributed by atoms with Crippen LogP contribution in [0.1, 0.15) is 55.1 Å². The highest BCUT2D eigenvalue weighted by molar-refractivity contribution is 6.03. The van der Waals surface area contributed by atoms with Crippen LogP contribution in [0.4, 0.5) is 5.69 Å². The number of quaternary nitrogens is 1. The maximum absolute atomic E-state index is 13.1. The topological polar surface area (TPSA) is 100 Å². The third-order valence-electron chi connectivity index (χ3n) is 6.06. The molecule has 0 saturated carbocycles. The summed E-state index contributed by atoms with van der Waals surface area (Å²) in [6.07, 6.45) is 7.70. The number of aromatic amines is 1. The summed E-state index contributed by atoms with van der Waals surface area (Å²) in [5, 5.41) is 5.49.